The molecular formula is C20H20FNO2. The molecule has 0 fully saturated rings. The molecule has 1 heterocycles. The van der Waals surface area contributed by atoms with E-state index in [1.165, 1.54) is 6.07 Å². The molecule has 2 aromatic carbocycles. The van der Waals surface area contributed by atoms with Gasteiger partial charge in [-0.2, -0.15) is 0 Å². The molecule has 0 atom stereocenters. The van der Waals surface area contributed by atoms with E-state index >= 15 is 0 Å². The van der Waals surface area contributed by atoms with E-state index in [-0.39, 0.29) is 5.43 Å². The fourth-order valence-corrected chi connectivity index (χ4v) is 3.10. The lowest BCUT2D eigenvalue weighted by molar-refractivity contribution is 0.415. The van der Waals surface area contributed by atoms with Crippen molar-refractivity contribution in [2.24, 2.45) is 0 Å². The van der Waals surface area contributed by atoms with Gasteiger partial charge in [0.2, 0.25) is 0 Å². The minimum Gasteiger partial charge on any atom is -0.497 e. The molecule has 0 unspecified atom stereocenters. The number of aromatic nitrogens is 1. The number of fused-ring (bicyclic) bond motifs is 1. The molecule has 0 aliphatic heterocycles. The first-order valence-corrected chi connectivity index (χ1v) is 8.09. The Labute approximate surface area is 140 Å². The number of methoxy groups -OCH3 is 1. The van der Waals surface area contributed by atoms with Gasteiger partial charge in [-0.15, -0.1) is 0 Å². The number of aryl methyl sites for hydroxylation is 2. The minimum absolute atomic E-state index is 0.133. The zero-order valence-electron chi connectivity index (χ0n) is 14.1. The van der Waals surface area contributed by atoms with E-state index in [0.717, 1.165) is 35.5 Å². The van der Waals surface area contributed by atoms with Crippen molar-refractivity contribution in [3.8, 4) is 16.9 Å². The van der Waals surface area contributed by atoms with Crippen LogP contribution in [-0.4, -0.2) is 11.7 Å². The summed E-state index contributed by atoms with van der Waals surface area (Å²) in [5, 5.41) is 0.420. The molecule has 4 heteroatoms. The van der Waals surface area contributed by atoms with Crippen LogP contribution >= 0.6 is 0 Å². The molecule has 0 saturated heterocycles. The number of pyridine rings is 1. The first-order chi connectivity index (χ1) is 11.6. The SMILES string of the molecule is CCc1cc(=O)c2cc(F)c(-c3ccc(OC)cc3)cc2n1CC. The minimum atomic E-state index is -0.392. The van der Waals surface area contributed by atoms with Gasteiger partial charge in [0.25, 0.3) is 0 Å². The van der Waals surface area contributed by atoms with E-state index in [0.29, 0.717) is 10.9 Å². The average molecular weight is 325 g/mol. The van der Waals surface area contributed by atoms with Crippen molar-refractivity contribution in [2.45, 2.75) is 26.8 Å². The maximum Gasteiger partial charge on any atom is 0.189 e. The molecule has 0 N–H and O–H groups in total. The Bertz CT molecular complexity index is 942. The van der Waals surface area contributed by atoms with E-state index in [4.69, 9.17) is 4.74 Å². The molecule has 0 saturated carbocycles. The zero-order valence-corrected chi connectivity index (χ0v) is 14.1. The molecule has 124 valence electrons. The van der Waals surface area contributed by atoms with Crippen LogP contribution in [0, 0.1) is 5.82 Å². The molecule has 0 radical (unpaired) electrons. The highest BCUT2D eigenvalue weighted by Gasteiger charge is 2.13. The fraction of sp³-hybridized carbons (Fsp3) is 0.250. The predicted octanol–water partition coefficient (Wildman–Crippen LogP) is 4.40. The van der Waals surface area contributed by atoms with Crippen molar-refractivity contribution in [3.05, 3.63) is 64.2 Å². The Balaban J connectivity index is 2.29. The summed E-state index contributed by atoms with van der Waals surface area (Å²) < 4.78 is 21.8. The summed E-state index contributed by atoms with van der Waals surface area (Å²) in [5.74, 6) is 0.329. The molecule has 0 bridgehead atoms. The fourth-order valence-electron chi connectivity index (χ4n) is 3.10. The third-order valence-corrected chi connectivity index (χ3v) is 4.37. The van der Waals surface area contributed by atoms with Gasteiger partial charge in [0.1, 0.15) is 11.6 Å². The predicted molar refractivity (Wildman–Crippen MR) is 95.2 cm³/mol. The molecule has 0 spiro atoms. The van der Waals surface area contributed by atoms with Crippen LogP contribution < -0.4 is 10.2 Å². The largest absolute Gasteiger partial charge is 0.497 e. The molecular weight excluding hydrogens is 305 g/mol. The second-order valence-electron chi connectivity index (χ2n) is 5.68. The van der Waals surface area contributed by atoms with Crippen LogP contribution in [0.5, 0.6) is 5.75 Å². The van der Waals surface area contributed by atoms with Crippen molar-refractivity contribution in [2.75, 3.05) is 7.11 Å². The average Bonchev–Trinajstić information content (AvgIpc) is 2.61. The first kappa shape index (κ1) is 16.2. The monoisotopic (exact) mass is 325 g/mol. The van der Waals surface area contributed by atoms with Crippen LogP contribution in [0.15, 0.2) is 47.3 Å². The molecule has 3 aromatic rings. The second kappa shape index (κ2) is 6.48. The van der Waals surface area contributed by atoms with Crippen molar-refractivity contribution in [1.29, 1.82) is 0 Å². The van der Waals surface area contributed by atoms with Crippen molar-refractivity contribution < 1.29 is 9.13 Å². The molecule has 24 heavy (non-hydrogen) atoms. The Morgan fingerprint density at radius 2 is 1.79 bits per heavy atom. The van der Waals surface area contributed by atoms with Crippen molar-refractivity contribution >= 4 is 10.9 Å². The van der Waals surface area contributed by atoms with Crippen LogP contribution in [0.3, 0.4) is 0 Å². The van der Waals surface area contributed by atoms with Gasteiger partial charge < -0.3 is 9.30 Å². The van der Waals surface area contributed by atoms with E-state index in [9.17, 15) is 9.18 Å². The van der Waals surface area contributed by atoms with Crippen LogP contribution in [0.1, 0.15) is 19.5 Å². The maximum atomic E-state index is 14.6. The third kappa shape index (κ3) is 2.68. The van der Waals surface area contributed by atoms with Gasteiger partial charge >= 0.3 is 0 Å². The number of rotatable bonds is 4. The summed E-state index contributed by atoms with van der Waals surface area (Å²) in [5.41, 5.74) is 2.84. The van der Waals surface area contributed by atoms with Gasteiger partial charge in [-0.3, -0.25) is 4.79 Å². The Hall–Kier alpha value is -2.62. The van der Waals surface area contributed by atoms with Crippen molar-refractivity contribution in [1.82, 2.24) is 4.57 Å². The van der Waals surface area contributed by atoms with Gasteiger partial charge in [-0.1, -0.05) is 19.1 Å². The number of halogens is 1. The smallest absolute Gasteiger partial charge is 0.189 e. The highest BCUT2D eigenvalue weighted by molar-refractivity contribution is 5.85. The maximum absolute atomic E-state index is 14.6. The third-order valence-electron chi connectivity index (χ3n) is 4.37. The molecule has 3 rings (SSSR count). The summed E-state index contributed by atoms with van der Waals surface area (Å²) in [6.45, 7) is 4.77. The topological polar surface area (TPSA) is 31.2 Å². The van der Waals surface area contributed by atoms with Crippen LogP contribution in [0.25, 0.3) is 22.0 Å². The molecule has 0 amide bonds. The standard InChI is InChI=1S/C20H20FNO2/c1-4-14-10-20(23)17-11-18(21)16(12-19(17)22(14)5-2)13-6-8-15(24-3)9-7-13/h6-12H,4-5H2,1-3H3. The Morgan fingerprint density at radius 1 is 1.08 bits per heavy atom. The number of hydrogen-bond donors (Lipinski definition) is 0. The zero-order chi connectivity index (χ0) is 17.3. The van der Waals surface area contributed by atoms with Crippen LogP contribution in [0.2, 0.25) is 0 Å². The second-order valence-corrected chi connectivity index (χ2v) is 5.68. The molecule has 0 aliphatic carbocycles. The Kier molecular flexibility index (Phi) is 4.38. The number of hydrogen-bond acceptors (Lipinski definition) is 2. The lowest BCUT2D eigenvalue weighted by atomic mass is 10.0. The summed E-state index contributed by atoms with van der Waals surface area (Å²) in [7, 11) is 1.60. The van der Waals surface area contributed by atoms with Crippen LogP contribution in [-0.2, 0) is 13.0 Å². The normalized spacial score (nSPS) is 11.0. The summed E-state index contributed by atoms with van der Waals surface area (Å²) in [4.78, 5) is 12.3. The highest BCUT2D eigenvalue weighted by Crippen LogP contribution is 2.28. The van der Waals surface area contributed by atoms with E-state index in [1.54, 1.807) is 31.4 Å². The van der Waals surface area contributed by atoms with E-state index in [1.807, 2.05) is 26.0 Å². The van der Waals surface area contributed by atoms with Gasteiger partial charge in [0.15, 0.2) is 5.43 Å². The van der Waals surface area contributed by atoms with E-state index < -0.39 is 5.82 Å². The quantitative estimate of drug-likeness (QED) is 0.712. The summed E-state index contributed by atoms with van der Waals surface area (Å²) in [6, 6.07) is 12.0. The first-order valence-electron chi connectivity index (χ1n) is 8.09. The highest BCUT2D eigenvalue weighted by atomic mass is 19.1. The van der Waals surface area contributed by atoms with Crippen molar-refractivity contribution in [3.63, 3.8) is 0 Å². The van der Waals surface area contributed by atoms with Gasteiger partial charge in [-0.25, -0.2) is 4.39 Å². The lowest BCUT2D eigenvalue weighted by Gasteiger charge is -2.16. The van der Waals surface area contributed by atoms with Gasteiger partial charge in [0, 0.05) is 29.3 Å². The van der Waals surface area contributed by atoms with Crippen LogP contribution in [0.4, 0.5) is 4.39 Å². The van der Waals surface area contributed by atoms with Gasteiger partial charge in [-0.05, 0) is 43.2 Å². The number of benzene rings is 2. The van der Waals surface area contributed by atoms with Gasteiger partial charge in [0.05, 0.1) is 12.6 Å². The lowest BCUT2D eigenvalue weighted by Crippen LogP contribution is -2.13. The number of ether oxygens (including phenoxy) is 1. The number of nitrogens with zero attached hydrogens (tertiary/aromatic N) is 1. The Morgan fingerprint density at radius 3 is 2.38 bits per heavy atom. The molecule has 3 nitrogen and oxygen atoms in total. The molecule has 0 aliphatic rings. The molecule has 1 aromatic heterocycles. The summed E-state index contributed by atoms with van der Waals surface area (Å²) in [6.07, 6.45) is 0.758. The van der Waals surface area contributed by atoms with E-state index in [2.05, 4.69) is 4.57 Å². The summed E-state index contributed by atoms with van der Waals surface area (Å²) >= 11 is 0.